The van der Waals surface area contributed by atoms with Crippen LogP contribution in [0.5, 0.6) is 0 Å². The van der Waals surface area contributed by atoms with Crippen molar-refractivity contribution in [3.05, 3.63) is 36.5 Å². The van der Waals surface area contributed by atoms with E-state index < -0.39 is 12.2 Å². The van der Waals surface area contributed by atoms with Gasteiger partial charge in [-0.15, -0.1) is 0 Å². The summed E-state index contributed by atoms with van der Waals surface area (Å²) in [6, 6.07) is 0. The first-order valence-electron chi connectivity index (χ1n) is 6.24. The molecule has 0 saturated heterocycles. The highest BCUT2D eigenvalue weighted by atomic mass is 16.3. The lowest BCUT2D eigenvalue weighted by molar-refractivity contribution is -0.116. The first-order chi connectivity index (χ1) is 8.32. The van der Waals surface area contributed by atoms with Gasteiger partial charge in [-0.2, -0.15) is 0 Å². The van der Waals surface area contributed by atoms with E-state index in [4.69, 9.17) is 0 Å². The molecule has 0 aromatic carbocycles. The minimum Gasteiger partial charge on any atom is -0.389 e. The van der Waals surface area contributed by atoms with Crippen LogP contribution in [0.3, 0.4) is 0 Å². The first-order valence-corrected chi connectivity index (χ1v) is 6.24. The molecular formula is C15H22O3. The molecule has 0 heterocycles. The van der Waals surface area contributed by atoms with Gasteiger partial charge in [-0.1, -0.05) is 25.3 Å². The molecule has 100 valence electrons. The fraction of sp³-hybridized carbons (Fsp3) is 0.533. The van der Waals surface area contributed by atoms with Gasteiger partial charge in [0.1, 0.15) is 0 Å². The van der Waals surface area contributed by atoms with E-state index in [-0.39, 0.29) is 23.7 Å². The van der Waals surface area contributed by atoms with Crippen molar-refractivity contribution in [3.63, 3.8) is 0 Å². The molecule has 0 radical (unpaired) electrons. The second-order valence-corrected chi connectivity index (χ2v) is 5.15. The largest absolute Gasteiger partial charge is 0.389 e. The third-order valence-electron chi connectivity index (χ3n) is 3.62. The van der Waals surface area contributed by atoms with E-state index in [0.717, 1.165) is 5.57 Å². The quantitative estimate of drug-likeness (QED) is 0.554. The maximum Gasteiger partial charge on any atom is 0.161 e. The normalized spacial score (nSPS) is 31.3. The molecule has 1 aliphatic rings. The van der Waals surface area contributed by atoms with Crippen molar-refractivity contribution in [1.29, 1.82) is 0 Å². The lowest BCUT2D eigenvalue weighted by atomic mass is 9.83. The van der Waals surface area contributed by atoms with Crippen LogP contribution in [0.25, 0.3) is 0 Å². The van der Waals surface area contributed by atoms with Gasteiger partial charge in [-0.25, -0.2) is 0 Å². The van der Waals surface area contributed by atoms with E-state index in [1.165, 1.54) is 0 Å². The number of rotatable bonds is 1. The van der Waals surface area contributed by atoms with E-state index in [9.17, 15) is 15.0 Å². The van der Waals surface area contributed by atoms with Gasteiger partial charge in [0.15, 0.2) is 5.78 Å². The number of Topliss-reactive ketones (excluding diaryl/α,β-unsaturated/α-hetero) is 1. The summed E-state index contributed by atoms with van der Waals surface area (Å²) < 4.78 is 0. The average Bonchev–Trinajstić information content (AvgIpc) is 2.31. The zero-order chi connectivity index (χ0) is 13.9. The summed E-state index contributed by atoms with van der Waals surface area (Å²) in [5, 5.41) is 20.0. The van der Waals surface area contributed by atoms with Crippen LogP contribution in [0, 0.1) is 5.92 Å². The van der Waals surface area contributed by atoms with E-state index in [0.29, 0.717) is 24.8 Å². The molecule has 0 bridgehead atoms. The first kappa shape index (κ1) is 14.9. The molecule has 0 aromatic rings. The summed E-state index contributed by atoms with van der Waals surface area (Å²) in [4.78, 5) is 11.8. The number of allylic oxidation sites excluding steroid dienone is 1. The van der Waals surface area contributed by atoms with E-state index >= 15 is 0 Å². The lowest BCUT2D eigenvalue weighted by Crippen LogP contribution is -2.26. The van der Waals surface area contributed by atoms with Crippen molar-refractivity contribution in [2.45, 2.75) is 44.8 Å². The molecule has 3 atom stereocenters. The predicted molar refractivity (Wildman–Crippen MR) is 72.1 cm³/mol. The van der Waals surface area contributed by atoms with Crippen molar-refractivity contribution >= 4 is 5.78 Å². The smallest absolute Gasteiger partial charge is 0.161 e. The van der Waals surface area contributed by atoms with Gasteiger partial charge in [-0.3, -0.25) is 4.79 Å². The molecule has 18 heavy (non-hydrogen) atoms. The molecule has 3 heteroatoms. The van der Waals surface area contributed by atoms with Gasteiger partial charge in [0.2, 0.25) is 0 Å². The number of carbonyl (C=O) groups is 1. The predicted octanol–water partition coefficient (Wildman–Crippen LogP) is 2.16. The van der Waals surface area contributed by atoms with Crippen LogP contribution < -0.4 is 0 Å². The van der Waals surface area contributed by atoms with Crippen LogP contribution in [0.1, 0.15) is 32.6 Å². The summed E-state index contributed by atoms with van der Waals surface area (Å²) in [5.41, 5.74) is 1.81. The Morgan fingerprint density at radius 3 is 2.28 bits per heavy atom. The minimum absolute atomic E-state index is 0.0330. The highest BCUT2D eigenvalue weighted by Gasteiger charge is 2.26. The third kappa shape index (κ3) is 3.65. The van der Waals surface area contributed by atoms with E-state index in [2.05, 4.69) is 19.7 Å². The standard InChI is InChI=1S/C15H22O3/c1-9(2)12-7-14(17)10(3)5-6-13(16)11(4)15(18)8-12/h12,14-15,17-18H,1,3-8H2,2H3. The Labute approximate surface area is 109 Å². The van der Waals surface area contributed by atoms with Gasteiger partial charge in [0, 0.05) is 12.0 Å². The Morgan fingerprint density at radius 1 is 1.17 bits per heavy atom. The molecule has 1 rings (SSSR count). The van der Waals surface area contributed by atoms with Crippen molar-refractivity contribution in [2.24, 2.45) is 5.92 Å². The van der Waals surface area contributed by atoms with Crippen LogP contribution in [0.4, 0.5) is 0 Å². The molecule has 1 aliphatic carbocycles. The molecule has 2 N–H and O–H groups in total. The summed E-state index contributed by atoms with van der Waals surface area (Å²) >= 11 is 0. The summed E-state index contributed by atoms with van der Waals surface area (Å²) in [5.74, 6) is -0.187. The Kier molecular flexibility index (Phi) is 5.05. The molecule has 1 fully saturated rings. The van der Waals surface area contributed by atoms with Crippen molar-refractivity contribution < 1.29 is 15.0 Å². The summed E-state index contributed by atoms with van der Waals surface area (Å²) in [6.45, 7) is 13.2. The van der Waals surface area contributed by atoms with Crippen LogP contribution in [0.15, 0.2) is 36.5 Å². The van der Waals surface area contributed by atoms with Gasteiger partial charge >= 0.3 is 0 Å². The van der Waals surface area contributed by atoms with Gasteiger partial charge in [-0.05, 0) is 37.7 Å². The highest BCUT2D eigenvalue weighted by Crippen LogP contribution is 2.28. The Morgan fingerprint density at radius 2 is 1.72 bits per heavy atom. The van der Waals surface area contributed by atoms with Gasteiger partial charge < -0.3 is 10.2 Å². The second kappa shape index (κ2) is 6.12. The van der Waals surface area contributed by atoms with Gasteiger partial charge in [0.05, 0.1) is 12.2 Å². The number of hydrogen-bond donors (Lipinski definition) is 2. The monoisotopic (exact) mass is 250 g/mol. The fourth-order valence-electron chi connectivity index (χ4n) is 2.13. The number of carbonyl (C=O) groups excluding carboxylic acids is 1. The Hall–Kier alpha value is -1.19. The van der Waals surface area contributed by atoms with Crippen molar-refractivity contribution in [2.75, 3.05) is 0 Å². The minimum atomic E-state index is -0.849. The molecular weight excluding hydrogens is 228 g/mol. The molecule has 0 aromatic heterocycles. The lowest BCUT2D eigenvalue weighted by Gasteiger charge is -2.26. The third-order valence-corrected chi connectivity index (χ3v) is 3.62. The van der Waals surface area contributed by atoms with Crippen LogP contribution in [0.2, 0.25) is 0 Å². The highest BCUT2D eigenvalue weighted by molar-refractivity contribution is 5.95. The molecule has 0 spiro atoms. The molecule has 3 unspecified atom stereocenters. The fourth-order valence-corrected chi connectivity index (χ4v) is 2.13. The van der Waals surface area contributed by atoms with E-state index in [1.54, 1.807) is 0 Å². The van der Waals surface area contributed by atoms with Crippen molar-refractivity contribution in [1.82, 2.24) is 0 Å². The van der Waals surface area contributed by atoms with E-state index in [1.807, 2.05) is 6.92 Å². The number of aliphatic hydroxyl groups is 2. The van der Waals surface area contributed by atoms with Crippen LogP contribution >= 0.6 is 0 Å². The zero-order valence-corrected chi connectivity index (χ0v) is 11.0. The molecule has 1 saturated carbocycles. The number of hydrogen-bond acceptors (Lipinski definition) is 3. The molecule has 3 nitrogen and oxygen atoms in total. The summed E-state index contributed by atoms with van der Waals surface area (Å²) in [6.07, 6.45) is 0.0746. The van der Waals surface area contributed by atoms with Crippen LogP contribution in [-0.4, -0.2) is 28.2 Å². The van der Waals surface area contributed by atoms with Gasteiger partial charge in [0.25, 0.3) is 0 Å². The average molecular weight is 250 g/mol. The number of ketones is 1. The maximum absolute atomic E-state index is 11.8. The van der Waals surface area contributed by atoms with Crippen molar-refractivity contribution in [3.8, 4) is 0 Å². The summed E-state index contributed by atoms with van der Waals surface area (Å²) in [7, 11) is 0. The Bertz CT molecular complexity index is 381. The molecule has 0 aliphatic heterocycles. The molecule has 0 amide bonds. The second-order valence-electron chi connectivity index (χ2n) is 5.15. The maximum atomic E-state index is 11.8. The van der Waals surface area contributed by atoms with Crippen LogP contribution in [-0.2, 0) is 4.79 Å². The number of aliphatic hydroxyl groups excluding tert-OH is 2. The topological polar surface area (TPSA) is 57.5 Å². The Balaban J connectivity index is 2.92. The zero-order valence-electron chi connectivity index (χ0n) is 11.0. The SMILES string of the molecule is C=C1CCC(=O)C(=C)C(O)CC(C(=C)C)CC1O.